The number of hydrogen-bond donors (Lipinski definition) is 0. The minimum Gasteiger partial charge on any atom is -0.494 e. The summed E-state index contributed by atoms with van der Waals surface area (Å²) in [6.07, 6.45) is 1.82. The molecule has 0 saturated heterocycles. The van der Waals surface area contributed by atoms with Crippen LogP contribution in [-0.4, -0.2) is 12.8 Å². The van der Waals surface area contributed by atoms with Crippen molar-refractivity contribution in [2.45, 2.75) is 13.8 Å². The Morgan fingerprint density at radius 2 is 2.00 bits per heavy atom. The van der Waals surface area contributed by atoms with Crippen LogP contribution in [0, 0.1) is 6.92 Å². The zero-order valence-electron chi connectivity index (χ0n) is 11.1. The zero-order valence-corrected chi connectivity index (χ0v) is 11.8. The van der Waals surface area contributed by atoms with E-state index in [-0.39, 0.29) is 0 Å². The van der Waals surface area contributed by atoms with Gasteiger partial charge in [0.15, 0.2) is 0 Å². The van der Waals surface area contributed by atoms with E-state index in [1.54, 1.807) is 0 Å². The van der Waals surface area contributed by atoms with Crippen LogP contribution in [0.2, 0.25) is 5.02 Å². The van der Waals surface area contributed by atoms with Crippen molar-refractivity contribution in [2.24, 2.45) is 4.99 Å². The quantitative estimate of drug-likeness (QED) is 0.734. The van der Waals surface area contributed by atoms with E-state index in [0.717, 1.165) is 27.6 Å². The summed E-state index contributed by atoms with van der Waals surface area (Å²) in [6, 6.07) is 13.6. The third-order valence-electron chi connectivity index (χ3n) is 2.76. The molecule has 3 heteroatoms. The molecule has 0 atom stereocenters. The summed E-state index contributed by atoms with van der Waals surface area (Å²) in [7, 11) is 0. The Morgan fingerprint density at radius 1 is 1.21 bits per heavy atom. The Hall–Kier alpha value is -1.80. The third-order valence-corrected chi connectivity index (χ3v) is 3.17. The van der Waals surface area contributed by atoms with E-state index in [1.807, 2.05) is 62.5 Å². The maximum absolute atomic E-state index is 6.07. The molecular weight excluding hydrogens is 258 g/mol. The Kier molecular flexibility index (Phi) is 4.58. The van der Waals surface area contributed by atoms with Crippen LogP contribution >= 0.6 is 11.6 Å². The van der Waals surface area contributed by atoms with Crippen LogP contribution in [-0.2, 0) is 0 Å². The number of nitrogens with zero attached hydrogens (tertiary/aromatic N) is 1. The standard InChI is InChI=1S/C16H16ClNO/c1-3-19-14-7-4-6-13(10-14)11-18-16-9-5-8-15(17)12(16)2/h4-11H,3H2,1-2H3. The van der Waals surface area contributed by atoms with Gasteiger partial charge in [-0.1, -0.05) is 29.8 Å². The van der Waals surface area contributed by atoms with Crippen molar-refractivity contribution in [2.75, 3.05) is 6.61 Å². The first-order chi connectivity index (χ1) is 9.20. The molecular formula is C16H16ClNO. The van der Waals surface area contributed by atoms with Crippen LogP contribution in [0.15, 0.2) is 47.5 Å². The first kappa shape index (κ1) is 13.6. The van der Waals surface area contributed by atoms with Crippen molar-refractivity contribution in [1.82, 2.24) is 0 Å². The molecule has 0 aliphatic heterocycles. The van der Waals surface area contributed by atoms with Crippen molar-refractivity contribution in [3.05, 3.63) is 58.6 Å². The van der Waals surface area contributed by atoms with Crippen LogP contribution < -0.4 is 4.74 Å². The lowest BCUT2D eigenvalue weighted by molar-refractivity contribution is 0.340. The van der Waals surface area contributed by atoms with Gasteiger partial charge in [0.2, 0.25) is 0 Å². The molecule has 19 heavy (non-hydrogen) atoms. The molecule has 2 nitrogen and oxygen atoms in total. The van der Waals surface area contributed by atoms with E-state index in [4.69, 9.17) is 16.3 Å². The molecule has 2 aromatic rings. The van der Waals surface area contributed by atoms with Crippen molar-refractivity contribution in [1.29, 1.82) is 0 Å². The molecule has 0 N–H and O–H groups in total. The van der Waals surface area contributed by atoms with Gasteiger partial charge in [-0.15, -0.1) is 0 Å². The largest absolute Gasteiger partial charge is 0.494 e. The van der Waals surface area contributed by atoms with Crippen LogP contribution in [0.25, 0.3) is 0 Å². The van der Waals surface area contributed by atoms with Gasteiger partial charge in [-0.25, -0.2) is 0 Å². The van der Waals surface area contributed by atoms with E-state index < -0.39 is 0 Å². The summed E-state index contributed by atoms with van der Waals surface area (Å²) in [5.41, 5.74) is 2.88. The molecule has 0 saturated carbocycles. The second kappa shape index (κ2) is 6.39. The van der Waals surface area contributed by atoms with Gasteiger partial charge in [0, 0.05) is 11.2 Å². The SMILES string of the molecule is CCOc1cccc(C=Nc2cccc(Cl)c2C)c1. The van der Waals surface area contributed by atoms with Gasteiger partial charge in [-0.2, -0.15) is 0 Å². The predicted octanol–water partition coefficient (Wildman–Crippen LogP) is 4.80. The van der Waals surface area contributed by atoms with Gasteiger partial charge in [0.05, 0.1) is 12.3 Å². The Bertz CT molecular complexity index is 593. The molecule has 0 bridgehead atoms. The topological polar surface area (TPSA) is 21.6 Å². The number of benzene rings is 2. The maximum Gasteiger partial charge on any atom is 0.119 e. The molecule has 0 aromatic heterocycles. The van der Waals surface area contributed by atoms with Crippen LogP contribution in [0.3, 0.4) is 0 Å². The molecule has 2 aromatic carbocycles. The molecule has 0 amide bonds. The molecule has 0 radical (unpaired) electrons. The molecule has 98 valence electrons. The highest BCUT2D eigenvalue weighted by atomic mass is 35.5. The summed E-state index contributed by atoms with van der Waals surface area (Å²) >= 11 is 6.07. The second-order valence-electron chi connectivity index (χ2n) is 4.15. The number of hydrogen-bond acceptors (Lipinski definition) is 2. The fourth-order valence-electron chi connectivity index (χ4n) is 1.73. The van der Waals surface area contributed by atoms with E-state index in [2.05, 4.69) is 4.99 Å². The predicted molar refractivity (Wildman–Crippen MR) is 81.1 cm³/mol. The van der Waals surface area contributed by atoms with Crippen LogP contribution in [0.4, 0.5) is 5.69 Å². The second-order valence-corrected chi connectivity index (χ2v) is 4.55. The normalized spacial score (nSPS) is 10.9. The van der Waals surface area contributed by atoms with Crippen LogP contribution in [0.5, 0.6) is 5.75 Å². The molecule has 0 heterocycles. The van der Waals surface area contributed by atoms with Gasteiger partial charge >= 0.3 is 0 Å². The van der Waals surface area contributed by atoms with Gasteiger partial charge in [-0.05, 0) is 49.2 Å². The summed E-state index contributed by atoms with van der Waals surface area (Å²) in [4.78, 5) is 4.47. The van der Waals surface area contributed by atoms with E-state index in [0.29, 0.717) is 6.61 Å². The van der Waals surface area contributed by atoms with Crippen molar-refractivity contribution < 1.29 is 4.74 Å². The lowest BCUT2D eigenvalue weighted by Gasteiger charge is -2.04. The van der Waals surface area contributed by atoms with E-state index >= 15 is 0 Å². The Morgan fingerprint density at radius 3 is 2.79 bits per heavy atom. The number of ether oxygens (including phenoxy) is 1. The molecule has 0 spiro atoms. The van der Waals surface area contributed by atoms with Gasteiger partial charge in [0.1, 0.15) is 5.75 Å². The first-order valence-corrected chi connectivity index (χ1v) is 6.60. The van der Waals surface area contributed by atoms with Crippen LogP contribution in [0.1, 0.15) is 18.1 Å². The summed E-state index contributed by atoms with van der Waals surface area (Å²) in [5.74, 6) is 0.856. The van der Waals surface area contributed by atoms with E-state index in [1.165, 1.54) is 0 Å². The maximum atomic E-state index is 6.07. The molecule has 0 aliphatic rings. The molecule has 0 unspecified atom stereocenters. The average molecular weight is 274 g/mol. The summed E-state index contributed by atoms with van der Waals surface area (Å²) in [6.45, 7) is 4.59. The number of halogens is 1. The molecule has 0 fully saturated rings. The van der Waals surface area contributed by atoms with Gasteiger partial charge < -0.3 is 4.74 Å². The van der Waals surface area contributed by atoms with Crippen molar-refractivity contribution in [3.8, 4) is 5.75 Å². The van der Waals surface area contributed by atoms with Gasteiger partial charge in [0.25, 0.3) is 0 Å². The first-order valence-electron chi connectivity index (χ1n) is 6.22. The molecule has 2 rings (SSSR count). The van der Waals surface area contributed by atoms with Gasteiger partial charge in [-0.3, -0.25) is 4.99 Å². The fraction of sp³-hybridized carbons (Fsp3) is 0.188. The number of rotatable bonds is 4. The molecule has 0 aliphatic carbocycles. The van der Waals surface area contributed by atoms with E-state index in [9.17, 15) is 0 Å². The smallest absolute Gasteiger partial charge is 0.119 e. The fourth-order valence-corrected chi connectivity index (χ4v) is 1.90. The third kappa shape index (κ3) is 3.58. The van der Waals surface area contributed by atoms with Crippen molar-refractivity contribution in [3.63, 3.8) is 0 Å². The average Bonchev–Trinajstić information content (AvgIpc) is 2.41. The number of aliphatic imine (C=N–C) groups is 1. The summed E-state index contributed by atoms with van der Waals surface area (Å²) in [5, 5.41) is 0.734. The highest BCUT2D eigenvalue weighted by Crippen LogP contribution is 2.25. The lowest BCUT2D eigenvalue weighted by atomic mass is 10.2. The minimum atomic E-state index is 0.661. The zero-order chi connectivity index (χ0) is 13.7. The summed E-state index contributed by atoms with van der Waals surface area (Å²) < 4.78 is 5.46. The minimum absolute atomic E-state index is 0.661. The highest BCUT2D eigenvalue weighted by Gasteiger charge is 1.99. The Labute approximate surface area is 118 Å². The van der Waals surface area contributed by atoms with Crippen molar-refractivity contribution >= 4 is 23.5 Å². The highest BCUT2D eigenvalue weighted by molar-refractivity contribution is 6.31. The monoisotopic (exact) mass is 273 g/mol. The Balaban J connectivity index is 2.22. The lowest BCUT2D eigenvalue weighted by Crippen LogP contribution is -1.92.